The lowest BCUT2D eigenvalue weighted by Gasteiger charge is -2.09. The Morgan fingerprint density at radius 2 is 1.93 bits per heavy atom. The van der Waals surface area contributed by atoms with Crippen molar-refractivity contribution in [1.29, 1.82) is 0 Å². The highest BCUT2D eigenvalue weighted by atomic mass is 79.9. The van der Waals surface area contributed by atoms with E-state index >= 15 is 0 Å². The highest BCUT2D eigenvalue weighted by Crippen LogP contribution is 2.42. The molecule has 3 heterocycles. The van der Waals surface area contributed by atoms with E-state index in [4.69, 9.17) is 0 Å². The fourth-order valence-electron chi connectivity index (χ4n) is 3.87. The largest absolute Gasteiger partial charge is 0.343 e. The molecule has 0 atom stereocenters. The molecule has 1 aliphatic carbocycles. The SMILES string of the molecule is O=C(NCc1nnc2n1CCCCC2)c1nnn(-c2ccc(Br)cc2)c1C1CC1. The number of amides is 1. The molecule has 5 rings (SSSR count). The number of nitrogens with zero attached hydrogens (tertiary/aromatic N) is 6. The summed E-state index contributed by atoms with van der Waals surface area (Å²) < 4.78 is 4.94. The van der Waals surface area contributed by atoms with Gasteiger partial charge in [-0.25, -0.2) is 4.68 Å². The lowest BCUT2D eigenvalue weighted by molar-refractivity contribution is 0.0943. The first-order chi connectivity index (χ1) is 14.2. The molecule has 0 radical (unpaired) electrons. The van der Waals surface area contributed by atoms with Crippen molar-refractivity contribution < 1.29 is 4.79 Å². The predicted octanol–water partition coefficient (Wildman–Crippen LogP) is 3.16. The number of rotatable bonds is 5. The average molecular weight is 456 g/mol. The second kappa shape index (κ2) is 7.70. The van der Waals surface area contributed by atoms with Gasteiger partial charge >= 0.3 is 0 Å². The Morgan fingerprint density at radius 3 is 2.72 bits per heavy atom. The Balaban J connectivity index is 1.37. The van der Waals surface area contributed by atoms with Crippen molar-refractivity contribution >= 4 is 21.8 Å². The molecule has 3 aromatic rings. The molecule has 1 saturated carbocycles. The topological polar surface area (TPSA) is 90.5 Å². The first-order valence-electron chi connectivity index (χ1n) is 10.1. The number of carbonyl (C=O) groups excluding carboxylic acids is 1. The van der Waals surface area contributed by atoms with Crippen molar-refractivity contribution in [3.63, 3.8) is 0 Å². The maximum atomic E-state index is 12.9. The minimum Gasteiger partial charge on any atom is -0.343 e. The Hall–Kier alpha value is -2.55. The van der Waals surface area contributed by atoms with Crippen LogP contribution in [0.15, 0.2) is 28.7 Å². The molecule has 8 nitrogen and oxygen atoms in total. The van der Waals surface area contributed by atoms with Gasteiger partial charge in [-0.05, 0) is 49.9 Å². The lowest BCUT2D eigenvalue weighted by Crippen LogP contribution is -2.26. The van der Waals surface area contributed by atoms with E-state index in [2.05, 4.69) is 46.3 Å². The second-order valence-electron chi connectivity index (χ2n) is 7.66. The molecular formula is C20H22BrN7O. The van der Waals surface area contributed by atoms with Crippen molar-refractivity contribution in [2.45, 2.75) is 57.5 Å². The molecule has 1 aromatic carbocycles. The minimum atomic E-state index is -0.207. The first kappa shape index (κ1) is 18.5. The summed E-state index contributed by atoms with van der Waals surface area (Å²) >= 11 is 3.45. The van der Waals surface area contributed by atoms with E-state index in [1.807, 2.05) is 24.3 Å². The summed E-state index contributed by atoms with van der Waals surface area (Å²) in [6.45, 7) is 1.27. The van der Waals surface area contributed by atoms with E-state index in [0.29, 0.717) is 18.2 Å². The third-order valence-electron chi connectivity index (χ3n) is 5.55. The number of carbonyl (C=O) groups is 1. The summed E-state index contributed by atoms with van der Waals surface area (Å²) in [7, 11) is 0. The van der Waals surface area contributed by atoms with Gasteiger partial charge in [0.05, 0.1) is 17.9 Å². The van der Waals surface area contributed by atoms with Crippen LogP contribution in [-0.4, -0.2) is 35.7 Å². The van der Waals surface area contributed by atoms with Crippen molar-refractivity contribution in [3.05, 3.63) is 51.8 Å². The van der Waals surface area contributed by atoms with Crippen LogP contribution >= 0.6 is 15.9 Å². The van der Waals surface area contributed by atoms with Gasteiger partial charge < -0.3 is 9.88 Å². The maximum Gasteiger partial charge on any atom is 0.274 e. The molecule has 0 unspecified atom stereocenters. The second-order valence-corrected chi connectivity index (χ2v) is 8.58. The van der Waals surface area contributed by atoms with Gasteiger partial charge in [0.2, 0.25) is 0 Å². The number of halogens is 1. The van der Waals surface area contributed by atoms with Crippen LogP contribution in [0.25, 0.3) is 5.69 Å². The molecular weight excluding hydrogens is 434 g/mol. The van der Waals surface area contributed by atoms with Gasteiger partial charge in [-0.1, -0.05) is 27.6 Å². The standard InChI is InChI=1S/C20H22BrN7O/c21-14-7-9-15(10-8-14)28-19(13-5-6-13)18(25-26-28)20(29)22-12-17-24-23-16-4-2-1-3-11-27(16)17/h7-10,13H,1-6,11-12H2,(H,22,29). The zero-order valence-corrected chi connectivity index (χ0v) is 17.6. The summed E-state index contributed by atoms with van der Waals surface area (Å²) in [4.78, 5) is 12.9. The number of hydrogen-bond donors (Lipinski definition) is 1. The van der Waals surface area contributed by atoms with Gasteiger partial charge in [-0.2, -0.15) is 0 Å². The van der Waals surface area contributed by atoms with Crippen LogP contribution in [0, 0.1) is 0 Å². The van der Waals surface area contributed by atoms with E-state index in [-0.39, 0.29) is 5.91 Å². The van der Waals surface area contributed by atoms with Gasteiger partial charge in [-0.15, -0.1) is 15.3 Å². The monoisotopic (exact) mass is 455 g/mol. The van der Waals surface area contributed by atoms with Crippen LogP contribution in [0.4, 0.5) is 0 Å². The Labute approximate surface area is 176 Å². The Morgan fingerprint density at radius 1 is 1.10 bits per heavy atom. The zero-order valence-electron chi connectivity index (χ0n) is 16.0. The van der Waals surface area contributed by atoms with E-state index in [0.717, 1.165) is 66.2 Å². The number of fused-ring (bicyclic) bond motifs is 1. The molecule has 1 N–H and O–H groups in total. The normalized spacial score (nSPS) is 16.3. The molecule has 29 heavy (non-hydrogen) atoms. The van der Waals surface area contributed by atoms with Crippen LogP contribution < -0.4 is 5.32 Å². The minimum absolute atomic E-state index is 0.207. The number of hydrogen-bond acceptors (Lipinski definition) is 5. The molecule has 0 saturated heterocycles. The highest BCUT2D eigenvalue weighted by Gasteiger charge is 2.34. The van der Waals surface area contributed by atoms with Crippen molar-refractivity contribution in [3.8, 4) is 5.69 Å². The van der Waals surface area contributed by atoms with Gasteiger partial charge in [0.15, 0.2) is 11.5 Å². The van der Waals surface area contributed by atoms with Crippen LogP contribution in [0.2, 0.25) is 0 Å². The molecule has 0 spiro atoms. The summed E-state index contributed by atoms with van der Waals surface area (Å²) in [5, 5.41) is 20.1. The molecule has 1 fully saturated rings. The van der Waals surface area contributed by atoms with Crippen LogP contribution in [0.3, 0.4) is 0 Å². The van der Waals surface area contributed by atoms with E-state index in [1.54, 1.807) is 4.68 Å². The smallest absolute Gasteiger partial charge is 0.274 e. The Bertz CT molecular complexity index is 1040. The van der Waals surface area contributed by atoms with Crippen LogP contribution in [0.5, 0.6) is 0 Å². The Kier molecular flexibility index (Phi) is 4.91. The number of benzene rings is 1. The summed E-state index contributed by atoms with van der Waals surface area (Å²) in [5.74, 6) is 1.95. The molecule has 1 aliphatic heterocycles. The average Bonchev–Trinajstić information content (AvgIpc) is 3.43. The van der Waals surface area contributed by atoms with Crippen molar-refractivity contribution in [2.24, 2.45) is 0 Å². The quantitative estimate of drug-likeness (QED) is 0.637. The molecule has 2 aromatic heterocycles. The van der Waals surface area contributed by atoms with Crippen LogP contribution in [-0.2, 0) is 19.5 Å². The van der Waals surface area contributed by atoms with E-state index in [9.17, 15) is 4.79 Å². The summed E-state index contributed by atoms with van der Waals surface area (Å²) in [6.07, 6.45) is 6.55. The fraction of sp³-hybridized carbons (Fsp3) is 0.450. The van der Waals surface area contributed by atoms with Gasteiger partial charge in [-0.3, -0.25) is 4.79 Å². The first-order valence-corrected chi connectivity index (χ1v) is 10.9. The predicted molar refractivity (Wildman–Crippen MR) is 110 cm³/mol. The van der Waals surface area contributed by atoms with Gasteiger partial charge in [0.25, 0.3) is 5.91 Å². The number of aromatic nitrogens is 6. The van der Waals surface area contributed by atoms with Crippen molar-refractivity contribution in [2.75, 3.05) is 0 Å². The zero-order chi connectivity index (χ0) is 19.8. The van der Waals surface area contributed by atoms with Gasteiger partial charge in [0, 0.05) is 23.4 Å². The van der Waals surface area contributed by atoms with E-state index < -0.39 is 0 Å². The van der Waals surface area contributed by atoms with E-state index in [1.165, 1.54) is 6.42 Å². The maximum absolute atomic E-state index is 12.9. The molecule has 2 aliphatic rings. The summed E-state index contributed by atoms with van der Waals surface area (Å²) in [5.41, 5.74) is 2.21. The molecule has 0 bridgehead atoms. The highest BCUT2D eigenvalue weighted by molar-refractivity contribution is 9.10. The fourth-order valence-corrected chi connectivity index (χ4v) is 4.13. The number of aryl methyl sites for hydroxylation is 1. The molecule has 150 valence electrons. The third kappa shape index (κ3) is 3.71. The van der Waals surface area contributed by atoms with Gasteiger partial charge in [0.1, 0.15) is 5.82 Å². The van der Waals surface area contributed by atoms with Crippen molar-refractivity contribution in [1.82, 2.24) is 35.1 Å². The molecule has 1 amide bonds. The summed E-state index contributed by atoms with van der Waals surface area (Å²) in [6, 6.07) is 7.87. The third-order valence-corrected chi connectivity index (χ3v) is 6.08. The van der Waals surface area contributed by atoms with Crippen LogP contribution in [0.1, 0.15) is 65.9 Å². The lowest BCUT2D eigenvalue weighted by atomic mass is 10.2. The molecule has 9 heteroatoms. The number of nitrogens with one attached hydrogen (secondary N) is 1.